The molecule has 0 unspecified atom stereocenters. The molecule has 0 bridgehead atoms. The van der Waals surface area contributed by atoms with Gasteiger partial charge in [0.05, 0.1) is 0 Å². The Morgan fingerprint density at radius 3 is 2.58 bits per heavy atom. The molecule has 4 rings (SSSR count). The summed E-state index contributed by atoms with van der Waals surface area (Å²) in [4.78, 5) is 4.26. The van der Waals surface area contributed by atoms with E-state index in [2.05, 4.69) is 34.3 Å². The minimum atomic E-state index is 0.154. The molecule has 4 nitrogen and oxygen atoms in total. The SMILES string of the molecule is Nc1ccc(C2(c3ccn4ncnc4c3)CC2)cc1. The molecule has 2 N–H and O–H groups in total. The van der Waals surface area contributed by atoms with Crippen LogP contribution < -0.4 is 5.73 Å². The molecule has 1 aliphatic carbocycles. The average molecular weight is 250 g/mol. The van der Waals surface area contributed by atoms with E-state index in [9.17, 15) is 0 Å². The van der Waals surface area contributed by atoms with Crippen molar-refractivity contribution in [2.24, 2.45) is 0 Å². The van der Waals surface area contributed by atoms with Gasteiger partial charge in [0.1, 0.15) is 6.33 Å². The fourth-order valence-electron chi connectivity index (χ4n) is 2.78. The number of nitrogens with two attached hydrogens (primary N) is 1. The fourth-order valence-corrected chi connectivity index (χ4v) is 2.78. The first-order valence-corrected chi connectivity index (χ1v) is 6.44. The molecule has 4 heteroatoms. The van der Waals surface area contributed by atoms with Crippen LogP contribution in [0.25, 0.3) is 5.65 Å². The third-order valence-electron chi connectivity index (χ3n) is 4.05. The molecular formula is C15H14N4. The second-order valence-electron chi connectivity index (χ2n) is 5.18. The number of nitrogen functional groups attached to an aromatic ring is 1. The van der Waals surface area contributed by atoms with E-state index in [1.807, 2.05) is 18.3 Å². The molecule has 2 aromatic heterocycles. The van der Waals surface area contributed by atoms with Gasteiger partial charge >= 0.3 is 0 Å². The Morgan fingerprint density at radius 1 is 1.05 bits per heavy atom. The maximum Gasteiger partial charge on any atom is 0.155 e. The standard InChI is InChI=1S/C15H14N4/c16-13-3-1-11(2-4-13)15(6-7-15)12-5-8-19-14(9-12)17-10-18-19/h1-5,8-10H,6-7,16H2. The van der Waals surface area contributed by atoms with Crippen LogP contribution in [0.5, 0.6) is 0 Å². The summed E-state index contributed by atoms with van der Waals surface area (Å²) in [5.41, 5.74) is 10.3. The molecule has 0 aliphatic heterocycles. The van der Waals surface area contributed by atoms with E-state index in [0.29, 0.717) is 0 Å². The summed E-state index contributed by atoms with van der Waals surface area (Å²) < 4.78 is 1.79. The highest BCUT2D eigenvalue weighted by Gasteiger charge is 2.45. The summed E-state index contributed by atoms with van der Waals surface area (Å²) >= 11 is 0. The van der Waals surface area contributed by atoms with Crippen LogP contribution in [0.3, 0.4) is 0 Å². The van der Waals surface area contributed by atoms with Crippen LogP contribution in [-0.4, -0.2) is 14.6 Å². The Morgan fingerprint density at radius 2 is 1.84 bits per heavy atom. The maximum atomic E-state index is 5.77. The van der Waals surface area contributed by atoms with E-state index < -0.39 is 0 Å². The van der Waals surface area contributed by atoms with Crippen LogP contribution in [0.15, 0.2) is 48.9 Å². The molecule has 1 fully saturated rings. The fraction of sp³-hybridized carbons (Fsp3) is 0.200. The molecule has 0 atom stereocenters. The molecule has 94 valence electrons. The van der Waals surface area contributed by atoms with E-state index in [0.717, 1.165) is 11.3 Å². The predicted octanol–water partition coefficient (Wildman–Crippen LogP) is 2.39. The van der Waals surface area contributed by atoms with E-state index in [4.69, 9.17) is 5.73 Å². The smallest absolute Gasteiger partial charge is 0.155 e. The molecule has 1 aromatic carbocycles. The van der Waals surface area contributed by atoms with Gasteiger partial charge in [-0.1, -0.05) is 12.1 Å². The van der Waals surface area contributed by atoms with Crippen molar-refractivity contribution in [3.63, 3.8) is 0 Å². The number of hydrogen-bond acceptors (Lipinski definition) is 3. The van der Waals surface area contributed by atoms with E-state index in [1.54, 1.807) is 10.8 Å². The van der Waals surface area contributed by atoms with Crippen LogP contribution in [-0.2, 0) is 5.41 Å². The Bertz CT molecular complexity index is 738. The number of aromatic nitrogens is 3. The molecule has 0 radical (unpaired) electrons. The van der Waals surface area contributed by atoms with Gasteiger partial charge < -0.3 is 5.73 Å². The molecule has 1 aliphatic rings. The van der Waals surface area contributed by atoms with Gasteiger partial charge in [0.25, 0.3) is 0 Å². The van der Waals surface area contributed by atoms with Crippen molar-refractivity contribution in [1.82, 2.24) is 14.6 Å². The Hall–Kier alpha value is -2.36. The predicted molar refractivity (Wildman–Crippen MR) is 73.9 cm³/mol. The summed E-state index contributed by atoms with van der Waals surface area (Å²) in [5, 5.41) is 4.14. The Labute approximate surface area is 110 Å². The van der Waals surface area contributed by atoms with Gasteiger partial charge in [-0.3, -0.25) is 0 Å². The monoisotopic (exact) mass is 250 g/mol. The summed E-state index contributed by atoms with van der Waals surface area (Å²) in [6, 6.07) is 12.5. The van der Waals surface area contributed by atoms with Crippen LogP contribution >= 0.6 is 0 Å². The van der Waals surface area contributed by atoms with Gasteiger partial charge in [0, 0.05) is 17.3 Å². The second kappa shape index (κ2) is 3.57. The molecule has 19 heavy (non-hydrogen) atoms. The third-order valence-corrected chi connectivity index (χ3v) is 4.05. The second-order valence-corrected chi connectivity index (χ2v) is 5.18. The number of nitrogens with zero attached hydrogens (tertiary/aromatic N) is 3. The lowest BCUT2D eigenvalue weighted by atomic mass is 9.88. The average Bonchev–Trinajstić information content (AvgIpc) is 3.11. The number of pyridine rings is 1. The van der Waals surface area contributed by atoms with Gasteiger partial charge in [-0.05, 0) is 48.2 Å². The topological polar surface area (TPSA) is 56.2 Å². The molecule has 2 heterocycles. The summed E-state index contributed by atoms with van der Waals surface area (Å²) in [7, 11) is 0. The molecule has 0 spiro atoms. The van der Waals surface area contributed by atoms with Gasteiger partial charge in [-0.2, -0.15) is 5.10 Å². The van der Waals surface area contributed by atoms with Crippen LogP contribution in [0.4, 0.5) is 5.69 Å². The lowest BCUT2D eigenvalue weighted by Gasteiger charge is -2.16. The molecule has 0 amide bonds. The number of anilines is 1. The van der Waals surface area contributed by atoms with E-state index in [-0.39, 0.29) is 5.41 Å². The van der Waals surface area contributed by atoms with Gasteiger partial charge in [-0.25, -0.2) is 9.50 Å². The van der Waals surface area contributed by atoms with Crippen molar-refractivity contribution < 1.29 is 0 Å². The normalized spacial score (nSPS) is 16.6. The van der Waals surface area contributed by atoms with Crippen molar-refractivity contribution in [1.29, 1.82) is 0 Å². The minimum Gasteiger partial charge on any atom is -0.399 e. The van der Waals surface area contributed by atoms with Crippen molar-refractivity contribution >= 4 is 11.3 Å². The quantitative estimate of drug-likeness (QED) is 0.710. The van der Waals surface area contributed by atoms with Crippen molar-refractivity contribution in [2.45, 2.75) is 18.3 Å². The number of hydrogen-bond donors (Lipinski definition) is 1. The highest BCUT2D eigenvalue weighted by Crippen LogP contribution is 2.53. The summed E-state index contributed by atoms with van der Waals surface area (Å²) in [6.07, 6.45) is 5.93. The first kappa shape index (κ1) is 10.6. The third kappa shape index (κ3) is 1.53. The van der Waals surface area contributed by atoms with E-state index in [1.165, 1.54) is 24.0 Å². The largest absolute Gasteiger partial charge is 0.399 e. The zero-order valence-electron chi connectivity index (χ0n) is 10.5. The minimum absolute atomic E-state index is 0.154. The first-order chi connectivity index (χ1) is 9.28. The Kier molecular flexibility index (Phi) is 1.98. The Balaban J connectivity index is 1.83. The molecule has 3 aromatic rings. The number of rotatable bonds is 2. The molecule has 1 saturated carbocycles. The highest BCUT2D eigenvalue weighted by molar-refractivity contribution is 5.52. The number of fused-ring (bicyclic) bond motifs is 1. The zero-order chi connectivity index (χ0) is 12.9. The van der Waals surface area contributed by atoms with Crippen LogP contribution in [0, 0.1) is 0 Å². The van der Waals surface area contributed by atoms with Crippen molar-refractivity contribution in [3.05, 3.63) is 60.0 Å². The van der Waals surface area contributed by atoms with Gasteiger partial charge in [-0.15, -0.1) is 0 Å². The zero-order valence-corrected chi connectivity index (χ0v) is 10.5. The summed E-state index contributed by atoms with van der Waals surface area (Å²) in [5.74, 6) is 0. The van der Waals surface area contributed by atoms with Gasteiger partial charge in [0.15, 0.2) is 5.65 Å². The van der Waals surface area contributed by atoms with Crippen LogP contribution in [0.1, 0.15) is 24.0 Å². The lowest BCUT2D eigenvalue weighted by Crippen LogP contribution is -2.09. The molecule has 0 saturated heterocycles. The van der Waals surface area contributed by atoms with Crippen molar-refractivity contribution in [2.75, 3.05) is 5.73 Å². The van der Waals surface area contributed by atoms with Crippen LogP contribution in [0.2, 0.25) is 0 Å². The molecular weight excluding hydrogens is 236 g/mol. The lowest BCUT2D eigenvalue weighted by molar-refractivity contribution is 0.837. The highest BCUT2D eigenvalue weighted by atomic mass is 15.3. The number of benzene rings is 1. The maximum absolute atomic E-state index is 5.77. The van der Waals surface area contributed by atoms with Gasteiger partial charge in [0.2, 0.25) is 0 Å². The first-order valence-electron chi connectivity index (χ1n) is 6.44. The van der Waals surface area contributed by atoms with E-state index >= 15 is 0 Å². The van der Waals surface area contributed by atoms with Crippen molar-refractivity contribution in [3.8, 4) is 0 Å². The summed E-state index contributed by atoms with van der Waals surface area (Å²) in [6.45, 7) is 0.